The van der Waals surface area contributed by atoms with Crippen LogP contribution in [-0.2, 0) is 6.18 Å². The van der Waals surface area contributed by atoms with Gasteiger partial charge in [0.15, 0.2) is 0 Å². The van der Waals surface area contributed by atoms with Crippen LogP contribution in [0.25, 0.3) is 0 Å². The summed E-state index contributed by atoms with van der Waals surface area (Å²) in [6.45, 7) is 0. The molecule has 0 saturated carbocycles. The fourth-order valence-electron chi connectivity index (χ4n) is 1.41. The summed E-state index contributed by atoms with van der Waals surface area (Å²) < 4.78 is 36.0. The van der Waals surface area contributed by atoms with E-state index in [1.165, 1.54) is 18.2 Å². The van der Waals surface area contributed by atoms with Gasteiger partial charge in [0.1, 0.15) is 0 Å². The maximum Gasteiger partial charge on any atom is 0.416 e. The van der Waals surface area contributed by atoms with Gasteiger partial charge in [-0.15, -0.1) is 0 Å². The maximum absolute atomic E-state index is 12.0. The third kappa shape index (κ3) is 6.32. The highest BCUT2D eigenvalue weighted by atomic mass is 35.5. The van der Waals surface area contributed by atoms with Crippen LogP contribution >= 0.6 is 46.4 Å². The van der Waals surface area contributed by atoms with E-state index < -0.39 is 22.2 Å². The smallest absolute Gasteiger partial charge is 0.276 e. The molecule has 0 amide bonds. The second-order valence-electron chi connectivity index (χ2n) is 4.25. The third-order valence-electron chi connectivity index (χ3n) is 2.59. The van der Waals surface area contributed by atoms with E-state index in [1.807, 2.05) is 0 Å². The van der Waals surface area contributed by atoms with Crippen molar-refractivity contribution < 1.29 is 22.8 Å². The number of carbonyl (C=O) groups excluding carboxylic acids is 2. The van der Waals surface area contributed by atoms with Gasteiger partial charge >= 0.3 is 6.18 Å². The highest BCUT2D eigenvalue weighted by Crippen LogP contribution is 2.29. The Morgan fingerprint density at radius 3 is 1.58 bits per heavy atom. The second-order valence-corrected chi connectivity index (χ2v) is 5.75. The van der Waals surface area contributed by atoms with Crippen molar-refractivity contribution in [3.05, 3.63) is 69.2 Å². The molecule has 0 aliphatic carbocycles. The van der Waals surface area contributed by atoms with Gasteiger partial charge in [0.2, 0.25) is 0 Å². The fraction of sp³-hybridized carbons (Fsp3) is 0.0667. The first kappa shape index (κ1) is 20.8. The van der Waals surface area contributed by atoms with E-state index in [4.69, 9.17) is 46.4 Å². The Balaban J connectivity index is 0.000000243. The molecular weight excluding hydrogens is 411 g/mol. The molecule has 0 radical (unpaired) electrons. The van der Waals surface area contributed by atoms with Gasteiger partial charge in [0.05, 0.1) is 15.6 Å². The molecule has 9 heteroatoms. The first-order chi connectivity index (χ1) is 11.0. The number of alkyl halides is 3. The number of carbonyl (C=O) groups is 2. The molecule has 0 fully saturated rings. The summed E-state index contributed by atoms with van der Waals surface area (Å²) in [7, 11) is 0. The van der Waals surface area contributed by atoms with Crippen LogP contribution in [0.4, 0.5) is 13.2 Å². The van der Waals surface area contributed by atoms with Gasteiger partial charge in [-0.25, -0.2) is 0 Å². The molecule has 0 heterocycles. The van der Waals surface area contributed by atoms with E-state index in [-0.39, 0.29) is 5.56 Å². The normalized spacial score (nSPS) is 10.6. The number of rotatable bonds is 2. The van der Waals surface area contributed by atoms with Crippen LogP contribution in [0.15, 0.2) is 42.5 Å². The first-order valence-corrected chi connectivity index (χ1v) is 7.55. The van der Waals surface area contributed by atoms with Crippen molar-refractivity contribution in [2.75, 3.05) is 0 Å². The maximum atomic E-state index is 12.0. The molecule has 0 spiro atoms. The molecule has 0 aliphatic rings. The molecule has 2 nitrogen and oxygen atoms in total. The first-order valence-electron chi connectivity index (χ1n) is 6.04. The zero-order chi connectivity index (χ0) is 18.5. The number of hydrogen-bond donors (Lipinski definition) is 0. The van der Waals surface area contributed by atoms with E-state index in [0.29, 0.717) is 15.6 Å². The summed E-state index contributed by atoms with van der Waals surface area (Å²) in [5, 5.41) is -0.566. The number of halogens is 7. The molecule has 2 aromatic carbocycles. The van der Waals surface area contributed by atoms with Crippen LogP contribution < -0.4 is 0 Å². The van der Waals surface area contributed by atoms with Gasteiger partial charge in [-0.05, 0) is 65.7 Å². The molecule has 0 saturated heterocycles. The molecule has 0 aromatic heterocycles. The van der Waals surface area contributed by atoms with E-state index in [0.717, 1.165) is 24.3 Å². The standard InChI is InChI=1S/C8H4ClF3O.C7H3Cl3O/c9-7(13)5-1-3-6(4-2-5)8(10,11)12;8-5-2-1-4(7(10)11)3-6(5)9/h1-4H;1-3H. The molecule has 0 atom stereocenters. The van der Waals surface area contributed by atoms with Gasteiger partial charge in [-0.2, -0.15) is 13.2 Å². The van der Waals surface area contributed by atoms with Crippen molar-refractivity contribution in [3.63, 3.8) is 0 Å². The molecule has 0 N–H and O–H groups in total. The SMILES string of the molecule is O=C(Cl)c1ccc(C(F)(F)F)cc1.O=C(Cl)c1ccc(Cl)c(Cl)c1. The average molecular weight is 418 g/mol. The van der Waals surface area contributed by atoms with E-state index in [1.54, 1.807) is 0 Å². The Morgan fingerprint density at radius 2 is 1.21 bits per heavy atom. The van der Waals surface area contributed by atoms with Gasteiger partial charge in [0.25, 0.3) is 10.5 Å². The van der Waals surface area contributed by atoms with Crippen molar-refractivity contribution >= 4 is 56.9 Å². The Bertz CT molecular complexity index is 743. The summed E-state index contributed by atoms with van der Waals surface area (Å²) in [6, 6.07) is 8.18. The minimum Gasteiger partial charge on any atom is -0.276 e. The van der Waals surface area contributed by atoms with Crippen molar-refractivity contribution in [2.45, 2.75) is 6.18 Å². The van der Waals surface area contributed by atoms with Crippen molar-refractivity contribution in [1.29, 1.82) is 0 Å². The van der Waals surface area contributed by atoms with Crippen molar-refractivity contribution in [2.24, 2.45) is 0 Å². The predicted octanol–water partition coefficient (Wildman–Crippen LogP) is 6.46. The zero-order valence-corrected chi connectivity index (χ0v) is 14.5. The van der Waals surface area contributed by atoms with Gasteiger partial charge in [0, 0.05) is 11.1 Å². The largest absolute Gasteiger partial charge is 0.416 e. The molecular formula is C15H7Cl4F3O2. The highest BCUT2D eigenvalue weighted by molar-refractivity contribution is 6.68. The van der Waals surface area contributed by atoms with Crippen LogP contribution in [0.2, 0.25) is 10.0 Å². The lowest BCUT2D eigenvalue weighted by molar-refractivity contribution is -0.137. The predicted molar refractivity (Wildman–Crippen MR) is 88.3 cm³/mol. The van der Waals surface area contributed by atoms with Gasteiger partial charge in [-0.1, -0.05) is 23.2 Å². The number of hydrogen-bond acceptors (Lipinski definition) is 2. The summed E-state index contributed by atoms with van der Waals surface area (Å²) in [4.78, 5) is 21.1. The molecule has 24 heavy (non-hydrogen) atoms. The van der Waals surface area contributed by atoms with Crippen molar-refractivity contribution in [1.82, 2.24) is 0 Å². The average Bonchev–Trinajstić information content (AvgIpc) is 2.49. The van der Waals surface area contributed by atoms with Gasteiger partial charge < -0.3 is 0 Å². The Kier molecular flexibility index (Phi) is 7.55. The Labute approximate surface area is 155 Å². The van der Waals surface area contributed by atoms with E-state index >= 15 is 0 Å². The van der Waals surface area contributed by atoms with Crippen molar-refractivity contribution in [3.8, 4) is 0 Å². The summed E-state index contributed by atoms with van der Waals surface area (Å²) in [5.41, 5.74) is -0.398. The zero-order valence-electron chi connectivity index (χ0n) is 11.5. The fourth-order valence-corrected chi connectivity index (χ4v) is 1.95. The Hall–Kier alpha value is -1.27. The van der Waals surface area contributed by atoms with Crippen LogP contribution in [-0.4, -0.2) is 10.5 Å². The molecule has 0 bridgehead atoms. The molecule has 128 valence electrons. The summed E-state index contributed by atoms with van der Waals surface area (Å²) in [6.07, 6.45) is -4.38. The quantitative estimate of drug-likeness (QED) is 0.525. The Morgan fingerprint density at radius 1 is 0.750 bits per heavy atom. The van der Waals surface area contributed by atoms with Crippen LogP contribution in [0.3, 0.4) is 0 Å². The lowest BCUT2D eigenvalue weighted by atomic mass is 10.1. The lowest BCUT2D eigenvalue weighted by Crippen LogP contribution is -2.04. The number of benzene rings is 2. The molecule has 2 rings (SSSR count). The second kappa shape index (κ2) is 8.72. The van der Waals surface area contributed by atoms with Crippen LogP contribution in [0, 0.1) is 0 Å². The van der Waals surface area contributed by atoms with Crippen LogP contribution in [0.5, 0.6) is 0 Å². The third-order valence-corrected chi connectivity index (χ3v) is 3.76. The summed E-state index contributed by atoms with van der Waals surface area (Å²) in [5.74, 6) is 0. The van der Waals surface area contributed by atoms with Crippen LogP contribution in [0.1, 0.15) is 26.3 Å². The molecule has 2 aromatic rings. The van der Waals surface area contributed by atoms with Gasteiger partial charge in [-0.3, -0.25) is 9.59 Å². The molecule has 0 aliphatic heterocycles. The summed E-state index contributed by atoms with van der Waals surface area (Å²) >= 11 is 21.5. The van der Waals surface area contributed by atoms with E-state index in [9.17, 15) is 22.8 Å². The monoisotopic (exact) mass is 416 g/mol. The lowest BCUT2D eigenvalue weighted by Gasteiger charge is -2.05. The topological polar surface area (TPSA) is 34.1 Å². The minimum atomic E-state index is -4.38. The minimum absolute atomic E-state index is 0.0506. The highest BCUT2D eigenvalue weighted by Gasteiger charge is 2.30. The van der Waals surface area contributed by atoms with E-state index in [2.05, 4.69) is 0 Å². The molecule has 0 unspecified atom stereocenters.